The molecule has 1 aliphatic heterocycles. The number of hydrogen-bond donors (Lipinski definition) is 1. The Bertz CT molecular complexity index is 285. The van der Waals surface area contributed by atoms with Crippen molar-refractivity contribution in [3.05, 3.63) is 0 Å². The third-order valence-corrected chi connectivity index (χ3v) is 3.09. The maximum Gasteiger partial charge on any atom is 0.234 e. The van der Waals surface area contributed by atoms with Gasteiger partial charge >= 0.3 is 0 Å². The normalized spacial score (nSPS) is 22.7. The molecule has 1 saturated carbocycles. The third-order valence-electron chi connectivity index (χ3n) is 3.09. The first kappa shape index (κ1) is 11.4. The highest BCUT2D eigenvalue weighted by Gasteiger charge is 2.25. The summed E-state index contributed by atoms with van der Waals surface area (Å²) < 4.78 is 0. The van der Waals surface area contributed by atoms with Crippen LogP contribution in [0.15, 0.2) is 0 Å². The van der Waals surface area contributed by atoms with Gasteiger partial charge in [0.25, 0.3) is 0 Å². The molecule has 4 nitrogen and oxygen atoms in total. The monoisotopic (exact) mass is 221 g/mol. The fraction of sp³-hybridized carbons (Fsp3) is 0.750. The predicted molar refractivity (Wildman–Crippen MR) is 62.9 cm³/mol. The summed E-state index contributed by atoms with van der Waals surface area (Å²) in [6, 6.07) is 0.468. The average Bonchev–Trinajstić information content (AvgIpc) is 3.05. The van der Waals surface area contributed by atoms with Gasteiger partial charge in [0.05, 0.1) is 13.1 Å². The molecule has 1 heterocycles. The summed E-state index contributed by atoms with van der Waals surface area (Å²) in [5, 5.41) is 3.01. The first-order valence-electron chi connectivity index (χ1n) is 5.95. The van der Waals surface area contributed by atoms with Crippen LogP contribution in [0, 0.1) is 12.3 Å². The molecule has 1 aliphatic carbocycles. The zero-order chi connectivity index (χ0) is 11.4. The van der Waals surface area contributed by atoms with Crippen molar-refractivity contribution >= 4 is 5.91 Å². The van der Waals surface area contributed by atoms with E-state index in [4.69, 9.17) is 6.42 Å². The lowest BCUT2D eigenvalue weighted by Gasteiger charge is -2.33. The van der Waals surface area contributed by atoms with Gasteiger partial charge in [-0.1, -0.05) is 5.92 Å². The summed E-state index contributed by atoms with van der Waals surface area (Å²) in [5.74, 6) is 2.83. The van der Waals surface area contributed by atoms with Crippen molar-refractivity contribution in [2.75, 3.05) is 39.3 Å². The van der Waals surface area contributed by atoms with Gasteiger partial charge in [-0.2, -0.15) is 0 Å². The van der Waals surface area contributed by atoms with E-state index in [1.54, 1.807) is 0 Å². The van der Waals surface area contributed by atoms with E-state index in [-0.39, 0.29) is 5.91 Å². The Labute approximate surface area is 97.0 Å². The summed E-state index contributed by atoms with van der Waals surface area (Å²) in [7, 11) is 0. The molecule has 0 unspecified atom stereocenters. The second-order valence-electron chi connectivity index (χ2n) is 4.60. The highest BCUT2D eigenvalue weighted by molar-refractivity contribution is 5.78. The van der Waals surface area contributed by atoms with Crippen LogP contribution < -0.4 is 5.32 Å². The molecule has 2 rings (SSSR count). The summed E-state index contributed by atoms with van der Waals surface area (Å²) in [6.07, 6.45) is 7.58. The van der Waals surface area contributed by atoms with E-state index in [9.17, 15) is 4.79 Å². The highest BCUT2D eigenvalue weighted by atomic mass is 16.2. The quantitative estimate of drug-likeness (QED) is 0.651. The Morgan fingerprint density at radius 1 is 1.25 bits per heavy atom. The van der Waals surface area contributed by atoms with Crippen LogP contribution in [0.5, 0.6) is 0 Å². The van der Waals surface area contributed by atoms with Gasteiger partial charge in [0.2, 0.25) is 5.91 Å². The van der Waals surface area contributed by atoms with E-state index < -0.39 is 0 Å². The van der Waals surface area contributed by atoms with E-state index in [2.05, 4.69) is 21.0 Å². The molecule has 2 aliphatic rings. The van der Waals surface area contributed by atoms with Crippen molar-refractivity contribution in [2.24, 2.45) is 0 Å². The zero-order valence-corrected chi connectivity index (χ0v) is 9.61. The smallest absolute Gasteiger partial charge is 0.234 e. The van der Waals surface area contributed by atoms with Crippen molar-refractivity contribution in [2.45, 2.75) is 18.9 Å². The van der Waals surface area contributed by atoms with Crippen molar-refractivity contribution in [3.8, 4) is 12.3 Å². The Kier molecular flexibility index (Phi) is 3.81. The van der Waals surface area contributed by atoms with E-state index in [0.717, 1.165) is 45.6 Å². The maximum atomic E-state index is 11.6. The lowest BCUT2D eigenvalue weighted by molar-refractivity contribution is -0.122. The van der Waals surface area contributed by atoms with Gasteiger partial charge in [0, 0.05) is 32.2 Å². The van der Waals surface area contributed by atoms with Gasteiger partial charge in [-0.05, 0) is 12.8 Å². The summed E-state index contributed by atoms with van der Waals surface area (Å²) in [6.45, 7) is 5.10. The molecule has 0 aromatic heterocycles. The van der Waals surface area contributed by atoms with Gasteiger partial charge < -0.3 is 5.32 Å². The Morgan fingerprint density at radius 2 is 1.88 bits per heavy atom. The van der Waals surface area contributed by atoms with E-state index >= 15 is 0 Å². The van der Waals surface area contributed by atoms with Gasteiger partial charge in [-0.25, -0.2) is 0 Å². The molecule has 16 heavy (non-hydrogen) atoms. The first-order chi connectivity index (χ1) is 7.78. The first-order valence-corrected chi connectivity index (χ1v) is 5.95. The number of rotatable bonds is 4. The average molecular weight is 221 g/mol. The lowest BCUT2D eigenvalue weighted by atomic mass is 10.3. The molecule has 2 fully saturated rings. The highest BCUT2D eigenvalue weighted by Crippen LogP contribution is 2.18. The van der Waals surface area contributed by atoms with E-state index in [1.807, 2.05) is 0 Å². The molecule has 1 saturated heterocycles. The fourth-order valence-electron chi connectivity index (χ4n) is 1.94. The van der Waals surface area contributed by atoms with E-state index in [1.165, 1.54) is 0 Å². The number of nitrogens with zero attached hydrogens (tertiary/aromatic N) is 2. The Balaban J connectivity index is 1.64. The summed E-state index contributed by atoms with van der Waals surface area (Å²) in [4.78, 5) is 16.0. The van der Waals surface area contributed by atoms with Gasteiger partial charge in [-0.15, -0.1) is 6.42 Å². The molecular formula is C12H19N3O. The third kappa shape index (κ3) is 3.51. The molecule has 0 atom stereocenters. The number of amides is 1. The van der Waals surface area contributed by atoms with Crippen LogP contribution in [0.4, 0.5) is 0 Å². The molecule has 0 spiro atoms. The number of hydrogen-bond acceptors (Lipinski definition) is 3. The van der Waals surface area contributed by atoms with Crippen LogP contribution in [0.25, 0.3) is 0 Å². The minimum Gasteiger partial charge on any atom is -0.352 e. The van der Waals surface area contributed by atoms with Crippen molar-refractivity contribution in [1.82, 2.24) is 15.1 Å². The van der Waals surface area contributed by atoms with Crippen LogP contribution in [0.3, 0.4) is 0 Å². The molecule has 0 aromatic rings. The van der Waals surface area contributed by atoms with Gasteiger partial charge in [0.15, 0.2) is 0 Å². The SMILES string of the molecule is C#CCN1CCN(CC(=O)NC2CC2)CC1. The molecule has 0 aromatic carbocycles. The predicted octanol–water partition coefficient (Wildman–Crippen LogP) is -0.484. The standard InChI is InChI=1S/C12H19N3O/c1-2-5-14-6-8-15(9-7-14)10-12(16)13-11-3-4-11/h1,11H,3-10H2,(H,13,16). The van der Waals surface area contributed by atoms with Crippen LogP contribution in [-0.2, 0) is 4.79 Å². The number of carbonyl (C=O) groups excluding carboxylic acids is 1. The number of nitrogens with one attached hydrogen (secondary N) is 1. The topological polar surface area (TPSA) is 35.6 Å². The maximum absolute atomic E-state index is 11.6. The molecule has 4 heteroatoms. The minimum atomic E-state index is 0.174. The number of terminal acetylenes is 1. The van der Waals surface area contributed by atoms with Crippen molar-refractivity contribution in [3.63, 3.8) is 0 Å². The van der Waals surface area contributed by atoms with Crippen LogP contribution >= 0.6 is 0 Å². The molecule has 88 valence electrons. The number of carbonyl (C=O) groups is 1. The van der Waals surface area contributed by atoms with Crippen LogP contribution in [0.1, 0.15) is 12.8 Å². The second-order valence-corrected chi connectivity index (χ2v) is 4.60. The van der Waals surface area contributed by atoms with Crippen molar-refractivity contribution in [1.29, 1.82) is 0 Å². The molecule has 1 amide bonds. The van der Waals surface area contributed by atoms with Crippen molar-refractivity contribution < 1.29 is 4.79 Å². The largest absolute Gasteiger partial charge is 0.352 e. The zero-order valence-electron chi connectivity index (χ0n) is 9.61. The minimum absolute atomic E-state index is 0.174. The fourth-order valence-corrected chi connectivity index (χ4v) is 1.94. The summed E-state index contributed by atoms with van der Waals surface area (Å²) >= 11 is 0. The van der Waals surface area contributed by atoms with Gasteiger partial charge in [0.1, 0.15) is 0 Å². The lowest BCUT2D eigenvalue weighted by Crippen LogP contribution is -2.49. The second kappa shape index (κ2) is 5.33. The molecule has 0 radical (unpaired) electrons. The Morgan fingerprint density at radius 3 is 2.44 bits per heavy atom. The molecular weight excluding hydrogens is 202 g/mol. The summed E-state index contributed by atoms with van der Waals surface area (Å²) in [5.41, 5.74) is 0. The van der Waals surface area contributed by atoms with Crippen LogP contribution in [0.2, 0.25) is 0 Å². The van der Waals surface area contributed by atoms with Crippen LogP contribution in [-0.4, -0.2) is 61.0 Å². The number of piperazine rings is 1. The van der Waals surface area contributed by atoms with Gasteiger partial charge in [-0.3, -0.25) is 14.6 Å². The Hall–Kier alpha value is -1.05. The van der Waals surface area contributed by atoms with E-state index in [0.29, 0.717) is 12.6 Å². The molecule has 1 N–H and O–H groups in total. The molecule has 0 bridgehead atoms.